The molecular weight excluding hydrogens is 232 g/mol. The Morgan fingerprint density at radius 1 is 1.44 bits per heavy atom. The Morgan fingerprint density at radius 2 is 2.06 bits per heavy atom. The van der Waals surface area contributed by atoms with Gasteiger partial charge >= 0.3 is 5.97 Å². The summed E-state index contributed by atoms with van der Waals surface area (Å²) in [6.07, 6.45) is 1.63. The fourth-order valence-corrected chi connectivity index (χ4v) is 2.35. The van der Waals surface area contributed by atoms with Crippen molar-refractivity contribution in [2.45, 2.75) is 33.0 Å². The van der Waals surface area contributed by atoms with Gasteiger partial charge in [-0.05, 0) is 26.8 Å². The number of carboxylic acids is 1. The molecule has 1 aromatic heterocycles. The minimum absolute atomic E-state index is 0.101. The quantitative estimate of drug-likeness (QED) is 0.865. The van der Waals surface area contributed by atoms with Gasteiger partial charge in [0.2, 0.25) is 0 Å². The van der Waals surface area contributed by atoms with Crippen molar-refractivity contribution in [3.8, 4) is 0 Å². The number of morpholine rings is 1. The lowest BCUT2D eigenvalue weighted by atomic mass is 10.1. The summed E-state index contributed by atoms with van der Waals surface area (Å²) in [5.41, 5.74) is 1.81. The van der Waals surface area contributed by atoms with Crippen LogP contribution in [-0.2, 0) is 4.74 Å². The third kappa shape index (κ3) is 2.61. The third-order valence-electron chi connectivity index (χ3n) is 3.01. The van der Waals surface area contributed by atoms with E-state index in [0.717, 1.165) is 11.4 Å². The van der Waals surface area contributed by atoms with Crippen molar-refractivity contribution in [3.05, 3.63) is 23.5 Å². The average molecular weight is 250 g/mol. The lowest BCUT2D eigenvalue weighted by Crippen LogP contribution is -2.46. The maximum absolute atomic E-state index is 11.2. The van der Waals surface area contributed by atoms with E-state index in [9.17, 15) is 9.90 Å². The molecule has 0 amide bonds. The largest absolute Gasteiger partial charge is 0.478 e. The number of rotatable bonds is 2. The van der Waals surface area contributed by atoms with Crippen LogP contribution in [-0.4, -0.2) is 41.4 Å². The maximum atomic E-state index is 11.2. The normalized spacial score (nSPS) is 24.1. The molecule has 5 heteroatoms. The summed E-state index contributed by atoms with van der Waals surface area (Å²) < 4.78 is 5.66. The van der Waals surface area contributed by atoms with Crippen molar-refractivity contribution < 1.29 is 14.6 Å². The third-order valence-corrected chi connectivity index (χ3v) is 3.01. The number of ether oxygens (including phenoxy) is 1. The first-order valence-corrected chi connectivity index (χ1v) is 6.07. The molecule has 18 heavy (non-hydrogen) atoms. The molecule has 1 saturated heterocycles. The van der Waals surface area contributed by atoms with Crippen LogP contribution in [0.15, 0.2) is 12.3 Å². The van der Waals surface area contributed by atoms with Gasteiger partial charge in [0.25, 0.3) is 0 Å². The Hall–Kier alpha value is -1.62. The molecule has 1 aliphatic rings. The SMILES string of the molecule is Cc1cc(N2CC(C)OC(C)C2)c(C(=O)O)cn1. The van der Waals surface area contributed by atoms with Crippen LogP contribution in [0.4, 0.5) is 5.69 Å². The predicted octanol–water partition coefficient (Wildman–Crippen LogP) is 1.70. The minimum Gasteiger partial charge on any atom is -0.478 e. The predicted molar refractivity (Wildman–Crippen MR) is 68.2 cm³/mol. The van der Waals surface area contributed by atoms with Gasteiger partial charge in [0.05, 0.1) is 17.9 Å². The number of aromatic carboxylic acids is 1. The van der Waals surface area contributed by atoms with Crippen LogP contribution < -0.4 is 4.90 Å². The molecule has 0 radical (unpaired) electrons. The molecule has 5 nitrogen and oxygen atoms in total. The van der Waals surface area contributed by atoms with E-state index in [2.05, 4.69) is 9.88 Å². The highest BCUT2D eigenvalue weighted by molar-refractivity contribution is 5.94. The number of aryl methyl sites for hydroxylation is 1. The van der Waals surface area contributed by atoms with E-state index in [1.165, 1.54) is 6.20 Å². The molecule has 0 aliphatic carbocycles. The Labute approximate surface area is 106 Å². The average Bonchev–Trinajstić information content (AvgIpc) is 2.27. The first kappa shape index (κ1) is 12.8. The van der Waals surface area contributed by atoms with E-state index in [4.69, 9.17) is 4.74 Å². The van der Waals surface area contributed by atoms with Gasteiger partial charge in [-0.25, -0.2) is 4.79 Å². The second kappa shape index (κ2) is 4.94. The number of carboxylic acid groups (broad SMARTS) is 1. The van der Waals surface area contributed by atoms with E-state index in [1.807, 2.05) is 26.8 Å². The summed E-state index contributed by atoms with van der Waals surface area (Å²) in [6.45, 7) is 7.26. The summed E-state index contributed by atoms with van der Waals surface area (Å²) in [6, 6.07) is 1.83. The molecule has 1 aliphatic heterocycles. The van der Waals surface area contributed by atoms with E-state index in [0.29, 0.717) is 13.1 Å². The van der Waals surface area contributed by atoms with Crippen LogP contribution in [0, 0.1) is 6.92 Å². The molecule has 1 N–H and O–H groups in total. The number of anilines is 1. The molecule has 2 heterocycles. The number of pyridine rings is 1. The van der Waals surface area contributed by atoms with Gasteiger partial charge in [-0.15, -0.1) is 0 Å². The van der Waals surface area contributed by atoms with Crippen LogP contribution in [0.3, 0.4) is 0 Å². The molecule has 1 fully saturated rings. The van der Waals surface area contributed by atoms with Crippen LogP contribution >= 0.6 is 0 Å². The summed E-state index contributed by atoms with van der Waals surface area (Å²) in [5, 5.41) is 9.22. The summed E-state index contributed by atoms with van der Waals surface area (Å²) >= 11 is 0. The molecule has 0 aromatic carbocycles. The molecule has 98 valence electrons. The zero-order chi connectivity index (χ0) is 13.3. The van der Waals surface area contributed by atoms with E-state index in [1.54, 1.807) is 0 Å². The van der Waals surface area contributed by atoms with Gasteiger partial charge in [-0.2, -0.15) is 0 Å². The maximum Gasteiger partial charge on any atom is 0.339 e. The molecule has 2 rings (SSSR count). The lowest BCUT2D eigenvalue weighted by Gasteiger charge is -2.37. The molecule has 0 bridgehead atoms. The number of aromatic nitrogens is 1. The van der Waals surface area contributed by atoms with Crippen LogP contribution in [0.25, 0.3) is 0 Å². The van der Waals surface area contributed by atoms with Crippen LogP contribution in [0.2, 0.25) is 0 Å². The smallest absolute Gasteiger partial charge is 0.339 e. The van der Waals surface area contributed by atoms with Crippen molar-refractivity contribution in [3.63, 3.8) is 0 Å². The standard InChI is InChI=1S/C13H18N2O3/c1-8-4-12(11(5-14-8)13(16)17)15-6-9(2)18-10(3)7-15/h4-5,9-10H,6-7H2,1-3H3,(H,16,17). The summed E-state index contributed by atoms with van der Waals surface area (Å²) in [4.78, 5) is 17.4. The zero-order valence-electron chi connectivity index (χ0n) is 10.9. The van der Waals surface area contributed by atoms with Crippen molar-refractivity contribution in [2.75, 3.05) is 18.0 Å². The Morgan fingerprint density at radius 3 is 2.61 bits per heavy atom. The van der Waals surface area contributed by atoms with Gasteiger partial charge < -0.3 is 14.7 Å². The second-order valence-corrected chi connectivity index (χ2v) is 4.81. The van der Waals surface area contributed by atoms with Crippen LogP contribution in [0.5, 0.6) is 0 Å². The Kier molecular flexibility index (Phi) is 3.52. The monoisotopic (exact) mass is 250 g/mol. The first-order chi connectivity index (χ1) is 8.47. The van der Waals surface area contributed by atoms with Gasteiger partial charge in [-0.3, -0.25) is 4.98 Å². The number of hydrogen-bond donors (Lipinski definition) is 1. The fourth-order valence-electron chi connectivity index (χ4n) is 2.35. The lowest BCUT2D eigenvalue weighted by molar-refractivity contribution is -0.00532. The Bertz CT molecular complexity index is 452. The zero-order valence-corrected chi connectivity index (χ0v) is 10.9. The van der Waals surface area contributed by atoms with Crippen LogP contribution in [0.1, 0.15) is 29.9 Å². The van der Waals surface area contributed by atoms with Crippen molar-refractivity contribution in [2.24, 2.45) is 0 Å². The van der Waals surface area contributed by atoms with E-state index in [-0.39, 0.29) is 17.8 Å². The van der Waals surface area contributed by atoms with Gasteiger partial charge in [0.15, 0.2) is 0 Å². The molecular formula is C13H18N2O3. The summed E-state index contributed by atoms with van der Waals surface area (Å²) in [5.74, 6) is -0.940. The van der Waals surface area contributed by atoms with Crippen molar-refractivity contribution >= 4 is 11.7 Å². The highest BCUT2D eigenvalue weighted by Gasteiger charge is 2.25. The topological polar surface area (TPSA) is 62.7 Å². The van der Waals surface area contributed by atoms with Crippen molar-refractivity contribution in [1.82, 2.24) is 4.98 Å². The number of nitrogens with zero attached hydrogens (tertiary/aromatic N) is 2. The van der Waals surface area contributed by atoms with E-state index < -0.39 is 5.97 Å². The summed E-state index contributed by atoms with van der Waals surface area (Å²) in [7, 11) is 0. The molecule has 0 saturated carbocycles. The number of carbonyl (C=O) groups is 1. The van der Waals surface area contributed by atoms with Gasteiger partial charge in [0.1, 0.15) is 5.56 Å². The first-order valence-electron chi connectivity index (χ1n) is 6.07. The molecule has 0 spiro atoms. The van der Waals surface area contributed by atoms with Crippen molar-refractivity contribution in [1.29, 1.82) is 0 Å². The molecule has 1 aromatic rings. The Balaban J connectivity index is 2.36. The highest BCUT2D eigenvalue weighted by Crippen LogP contribution is 2.24. The second-order valence-electron chi connectivity index (χ2n) is 4.81. The highest BCUT2D eigenvalue weighted by atomic mass is 16.5. The van der Waals surface area contributed by atoms with Gasteiger partial charge in [-0.1, -0.05) is 0 Å². The number of hydrogen-bond acceptors (Lipinski definition) is 4. The van der Waals surface area contributed by atoms with Gasteiger partial charge in [0, 0.05) is 25.0 Å². The molecule has 2 atom stereocenters. The fraction of sp³-hybridized carbons (Fsp3) is 0.538. The van der Waals surface area contributed by atoms with E-state index >= 15 is 0 Å². The molecule has 2 unspecified atom stereocenters. The minimum atomic E-state index is -0.940.